The van der Waals surface area contributed by atoms with Crippen molar-refractivity contribution in [3.63, 3.8) is 0 Å². The van der Waals surface area contributed by atoms with Crippen molar-refractivity contribution in [3.8, 4) is 0 Å². The van der Waals surface area contributed by atoms with E-state index in [1.54, 1.807) is 19.2 Å². The van der Waals surface area contributed by atoms with Gasteiger partial charge in [-0.3, -0.25) is 4.79 Å². The van der Waals surface area contributed by atoms with E-state index in [1.165, 1.54) is 23.1 Å². The van der Waals surface area contributed by atoms with Crippen LogP contribution < -0.4 is 0 Å². The van der Waals surface area contributed by atoms with Crippen LogP contribution >= 0.6 is 11.6 Å². The van der Waals surface area contributed by atoms with E-state index in [0.29, 0.717) is 5.02 Å². The summed E-state index contributed by atoms with van der Waals surface area (Å²) in [5.74, 6) is -1.00. The largest absolute Gasteiger partial charge is 0.334 e. The van der Waals surface area contributed by atoms with Crippen LogP contribution in [0.1, 0.15) is 29.0 Å². The van der Waals surface area contributed by atoms with Gasteiger partial charge in [0, 0.05) is 12.1 Å². The molecule has 2 rings (SSSR count). The average Bonchev–Trinajstić information content (AvgIpc) is 2.45. The molecule has 3 nitrogen and oxygen atoms in total. The van der Waals surface area contributed by atoms with Gasteiger partial charge in [-0.1, -0.05) is 29.8 Å². The van der Waals surface area contributed by atoms with Crippen molar-refractivity contribution in [2.24, 2.45) is 0 Å². The first kappa shape index (κ1) is 14.5. The van der Waals surface area contributed by atoms with Gasteiger partial charge < -0.3 is 4.90 Å². The van der Waals surface area contributed by atoms with E-state index in [9.17, 15) is 9.18 Å². The number of halogens is 2. The number of pyridine rings is 1. The summed E-state index contributed by atoms with van der Waals surface area (Å²) in [5, 5.41) is 0.610. The highest BCUT2D eigenvalue weighted by Crippen LogP contribution is 2.23. The lowest BCUT2D eigenvalue weighted by atomic mass is 10.1. The molecule has 20 heavy (non-hydrogen) atoms. The molecule has 0 radical (unpaired) electrons. The van der Waals surface area contributed by atoms with Gasteiger partial charge in [-0.05, 0) is 36.8 Å². The molecule has 1 atom stereocenters. The fourth-order valence-corrected chi connectivity index (χ4v) is 2.07. The molecule has 0 N–H and O–H groups in total. The Morgan fingerprint density at radius 2 is 2.00 bits per heavy atom. The molecule has 1 heterocycles. The Hall–Kier alpha value is -1.94. The van der Waals surface area contributed by atoms with Crippen molar-refractivity contribution in [1.82, 2.24) is 9.88 Å². The quantitative estimate of drug-likeness (QED) is 0.808. The van der Waals surface area contributed by atoms with Gasteiger partial charge in [-0.15, -0.1) is 0 Å². The molecule has 0 aliphatic heterocycles. The SMILES string of the molecule is CC(c1cccc(Cl)c1)N(C)C(=O)c1cccc(F)n1. The fourth-order valence-electron chi connectivity index (χ4n) is 1.87. The van der Waals surface area contributed by atoms with E-state index in [2.05, 4.69) is 4.98 Å². The predicted octanol–water partition coefficient (Wildman–Crippen LogP) is 3.71. The number of rotatable bonds is 3. The Balaban J connectivity index is 2.22. The van der Waals surface area contributed by atoms with Crippen LogP contribution in [0.15, 0.2) is 42.5 Å². The topological polar surface area (TPSA) is 33.2 Å². The van der Waals surface area contributed by atoms with E-state index in [0.717, 1.165) is 5.56 Å². The van der Waals surface area contributed by atoms with Crippen LogP contribution in [0.4, 0.5) is 4.39 Å². The molecule has 0 aliphatic carbocycles. The zero-order valence-electron chi connectivity index (χ0n) is 11.2. The zero-order chi connectivity index (χ0) is 14.7. The second-order valence-electron chi connectivity index (χ2n) is 4.49. The van der Waals surface area contributed by atoms with E-state index in [4.69, 9.17) is 11.6 Å². The van der Waals surface area contributed by atoms with E-state index in [-0.39, 0.29) is 17.6 Å². The van der Waals surface area contributed by atoms with Crippen molar-refractivity contribution in [2.75, 3.05) is 7.05 Å². The van der Waals surface area contributed by atoms with Gasteiger partial charge in [-0.2, -0.15) is 4.39 Å². The third-order valence-electron chi connectivity index (χ3n) is 3.17. The zero-order valence-corrected chi connectivity index (χ0v) is 11.9. The Labute approximate surface area is 122 Å². The van der Waals surface area contributed by atoms with Crippen LogP contribution in [0.5, 0.6) is 0 Å². The van der Waals surface area contributed by atoms with Gasteiger partial charge in [0.05, 0.1) is 6.04 Å². The molecule has 5 heteroatoms. The maximum atomic E-state index is 13.1. The van der Waals surface area contributed by atoms with Crippen molar-refractivity contribution in [3.05, 3.63) is 64.7 Å². The van der Waals surface area contributed by atoms with Gasteiger partial charge in [0.15, 0.2) is 0 Å². The third-order valence-corrected chi connectivity index (χ3v) is 3.40. The molecular weight excluding hydrogens is 279 g/mol. The van der Waals surface area contributed by atoms with Crippen LogP contribution in [0, 0.1) is 5.95 Å². The van der Waals surface area contributed by atoms with Gasteiger partial charge in [0.25, 0.3) is 5.91 Å². The highest BCUT2D eigenvalue weighted by Gasteiger charge is 2.20. The third kappa shape index (κ3) is 3.14. The Kier molecular flexibility index (Phi) is 4.35. The lowest BCUT2D eigenvalue weighted by Gasteiger charge is -2.25. The molecule has 0 aliphatic rings. The first-order valence-corrected chi connectivity index (χ1v) is 6.52. The van der Waals surface area contributed by atoms with Crippen molar-refractivity contribution in [2.45, 2.75) is 13.0 Å². The maximum Gasteiger partial charge on any atom is 0.272 e. The minimum atomic E-state index is -0.667. The van der Waals surface area contributed by atoms with Crippen molar-refractivity contribution >= 4 is 17.5 Å². The molecule has 0 saturated carbocycles. The Morgan fingerprint density at radius 1 is 1.30 bits per heavy atom. The second kappa shape index (κ2) is 6.01. The normalized spacial score (nSPS) is 12.0. The number of nitrogens with zero attached hydrogens (tertiary/aromatic N) is 2. The van der Waals surface area contributed by atoms with Gasteiger partial charge >= 0.3 is 0 Å². The molecule has 0 fully saturated rings. The molecule has 1 amide bonds. The van der Waals surface area contributed by atoms with E-state index in [1.807, 2.05) is 19.1 Å². The van der Waals surface area contributed by atoms with Crippen LogP contribution in [0.25, 0.3) is 0 Å². The summed E-state index contributed by atoms with van der Waals surface area (Å²) in [5.41, 5.74) is 0.992. The predicted molar refractivity (Wildman–Crippen MR) is 76.2 cm³/mol. The van der Waals surface area contributed by atoms with E-state index < -0.39 is 5.95 Å². The Morgan fingerprint density at radius 3 is 2.65 bits per heavy atom. The number of hydrogen-bond donors (Lipinski definition) is 0. The molecule has 1 aromatic carbocycles. The lowest BCUT2D eigenvalue weighted by molar-refractivity contribution is 0.0735. The Bertz CT molecular complexity index is 633. The fraction of sp³-hybridized carbons (Fsp3) is 0.200. The minimum absolute atomic E-state index is 0.0846. The molecule has 2 aromatic rings. The first-order chi connectivity index (χ1) is 9.49. The molecule has 0 spiro atoms. The summed E-state index contributed by atoms with van der Waals surface area (Å²) >= 11 is 5.95. The van der Waals surface area contributed by atoms with Crippen LogP contribution in [0.3, 0.4) is 0 Å². The highest BCUT2D eigenvalue weighted by molar-refractivity contribution is 6.30. The summed E-state index contributed by atoms with van der Waals surface area (Å²) in [7, 11) is 1.65. The molecule has 0 bridgehead atoms. The number of benzene rings is 1. The first-order valence-electron chi connectivity index (χ1n) is 6.14. The number of amides is 1. The maximum absolute atomic E-state index is 13.1. The molecule has 104 valence electrons. The summed E-state index contributed by atoms with van der Waals surface area (Å²) in [6, 6.07) is 11.3. The van der Waals surface area contributed by atoms with Crippen LogP contribution in [0.2, 0.25) is 5.02 Å². The standard InChI is InChI=1S/C15H14ClFN2O/c1-10(11-5-3-6-12(16)9-11)19(2)15(20)13-7-4-8-14(17)18-13/h3-10H,1-2H3. The monoisotopic (exact) mass is 292 g/mol. The molecular formula is C15H14ClFN2O. The van der Waals surface area contributed by atoms with Crippen LogP contribution in [-0.4, -0.2) is 22.8 Å². The summed E-state index contributed by atoms with van der Waals surface area (Å²) in [4.78, 5) is 17.4. The van der Waals surface area contributed by atoms with E-state index >= 15 is 0 Å². The molecule has 1 aromatic heterocycles. The second-order valence-corrected chi connectivity index (χ2v) is 4.93. The molecule has 1 unspecified atom stereocenters. The van der Waals surface area contributed by atoms with Crippen LogP contribution in [-0.2, 0) is 0 Å². The summed E-state index contributed by atoms with van der Waals surface area (Å²) < 4.78 is 13.1. The number of carbonyl (C=O) groups excluding carboxylic acids is 1. The number of aromatic nitrogens is 1. The van der Waals surface area contributed by atoms with Crippen molar-refractivity contribution in [1.29, 1.82) is 0 Å². The number of carbonyl (C=O) groups is 1. The smallest absolute Gasteiger partial charge is 0.272 e. The highest BCUT2D eigenvalue weighted by atomic mass is 35.5. The number of hydrogen-bond acceptors (Lipinski definition) is 2. The van der Waals surface area contributed by atoms with Gasteiger partial charge in [-0.25, -0.2) is 4.98 Å². The summed E-state index contributed by atoms with van der Waals surface area (Å²) in [6.07, 6.45) is 0. The van der Waals surface area contributed by atoms with Gasteiger partial charge in [0.1, 0.15) is 5.69 Å². The lowest BCUT2D eigenvalue weighted by Crippen LogP contribution is -2.30. The molecule has 0 saturated heterocycles. The average molecular weight is 293 g/mol. The minimum Gasteiger partial charge on any atom is -0.334 e. The van der Waals surface area contributed by atoms with Crippen molar-refractivity contribution < 1.29 is 9.18 Å². The van der Waals surface area contributed by atoms with Gasteiger partial charge in [0.2, 0.25) is 5.95 Å². The summed E-state index contributed by atoms with van der Waals surface area (Å²) in [6.45, 7) is 1.88.